The highest BCUT2D eigenvalue weighted by Gasteiger charge is 2.53. The van der Waals surface area contributed by atoms with Crippen LogP contribution in [0, 0.1) is 11.3 Å². The van der Waals surface area contributed by atoms with Gasteiger partial charge in [0.05, 0.1) is 14.2 Å². The van der Waals surface area contributed by atoms with Crippen LogP contribution >= 0.6 is 0 Å². The average Bonchev–Trinajstić information content (AvgIpc) is 3.16. The second-order valence-corrected chi connectivity index (χ2v) is 10.8. The molecule has 0 bridgehead atoms. The highest BCUT2D eigenvalue weighted by molar-refractivity contribution is 5.92. The van der Waals surface area contributed by atoms with Gasteiger partial charge in [-0.2, -0.15) is 0 Å². The summed E-state index contributed by atoms with van der Waals surface area (Å²) in [6, 6.07) is 7.75. The predicted molar refractivity (Wildman–Crippen MR) is 146 cm³/mol. The monoisotopic (exact) mass is 522 g/mol. The molecule has 2 amide bonds. The Labute approximate surface area is 226 Å². The molecule has 7 nitrogen and oxygen atoms in total. The number of amides is 2. The molecule has 206 valence electrons. The minimum absolute atomic E-state index is 0.0473. The average molecular weight is 523 g/mol. The summed E-state index contributed by atoms with van der Waals surface area (Å²) in [4.78, 5) is 42.0. The second-order valence-electron chi connectivity index (χ2n) is 10.8. The van der Waals surface area contributed by atoms with Crippen LogP contribution in [0.5, 0.6) is 5.75 Å². The molecular weight excluding hydrogens is 480 g/mol. The number of rotatable bonds is 10. The Kier molecular flexibility index (Phi) is 9.64. The minimum Gasteiger partial charge on any atom is -0.496 e. The van der Waals surface area contributed by atoms with E-state index in [1.807, 2.05) is 29.2 Å². The highest BCUT2D eigenvalue weighted by Crippen LogP contribution is 2.49. The van der Waals surface area contributed by atoms with Gasteiger partial charge in [-0.05, 0) is 75.8 Å². The number of carbonyl (C=O) groups excluding carboxylic acids is 3. The van der Waals surface area contributed by atoms with Crippen molar-refractivity contribution in [2.24, 2.45) is 11.3 Å². The van der Waals surface area contributed by atoms with Crippen molar-refractivity contribution in [2.45, 2.75) is 77.0 Å². The summed E-state index contributed by atoms with van der Waals surface area (Å²) < 4.78 is 10.7. The molecule has 1 aliphatic heterocycles. The van der Waals surface area contributed by atoms with Crippen LogP contribution in [0.2, 0.25) is 0 Å². The van der Waals surface area contributed by atoms with Gasteiger partial charge in [-0.3, -0.25) is 14.4 Å². The van der Waals surface area contributed by atoms with E-state index < -0.39 is 11.3 Å². The fourth-order valence-electron chi connectivity index (χ4n) is 6.36. The number of piperidine rings is 1. The zero-order chi connectivity index (χ0) is 27.0. The number of likely N-dealkylation sites (tertiary alicyclic amines) is 1. The Morgan fingerprint density at radius 2 is 1.84 bits per heavy atom. The van der Waals surface area contributed by atoms with E-state index in [4.69, 9.17) is 9.47 Å². The van der Waals surface area contributed by atoms with Gasteiger partial charge in [0.1, 0.15) is 11.2 Å². The van der Waals surface area contributed by atoms with Gasteiger partial charge in [0, 0.05) is 31.1 Å². The summed E-state index contributed by atoms with van der Waals surface area (Å²) in [5.41, 5.74) is 2.34. The molecule has 1 heterocycles. The third-order valence-electron chi connectivity index (χ3n) is 8.35. The number of benzene rings is 1. The van der Waals surface area contributed by atoms with Gasteiger partial charge >= 0.3 is 5.97 Å². The normalized spacial score (nSPS) is 23.5. The number of fused-ring (bicyclic) bond motifs is 1. The molecule has 0 unspecified atom stereocenters. The maximum Gasteiger partial charge on any atom is 0.317 e. The number of carbonyl (C=O) groups is 3. The van der Waals surface area contributed by atoms with Crippen molar-refractivity contribution in [1.82, 2.24) is 10.2 Å². The lowest BCUT2D eigenvalue weighted by Gasteiger charge is -2.46. The molecule has 2 aliphatic carbocycles. The smallest absolute Gasteiger partial charge is 0.317 e. The molecule has 0 saturated carbocycles. The first-order valence-electron chi connectivity index (χ1n) is 14.2. The fourth-order valence-corrected chi connectivity index (χ4v) is 6.36. The maximum absolute atomic E-state index is 13.8. The second kappa shape index (κ2) is 13.1. The lowest BCUT2D eigenvalue weighted by atomic mass is 9.69. The number of hydrogen-bond acceptors (Lipinski definition) is 5. The van der Waals surface area contributed by atoms with E-state index in [9.17, 15) is 14.4 Å². The van der Waals surface area contributed by atoms with Gasteiger partial charge in [-0.25, -0.2) is 0 Å². The van der Waals surface area contributed by atoms with Crippen LogP contribution < -0.4 is 10.1 Å². The van der Waals surface area contributed by atoms with Crippen molar-refractivity contribution in [1.29, 1.82) is 0 Å². The third kappa shape index (κ3) is 6.30. The molecule has 1 fully saturated rings. The molecule has 3 aliphatic rings. The highest BCUT2D eigenvalue weighted by atomic mass is 16.5. The van der Waals surface area contributed by atoms with Gasteiger partial charge in [0.25, 0.3) is 0 Å². The Morgan fingerprint density at radius 1 is 1.05 bits per heavy atom. The van der Waals surface area contributed by atoms with Crippen LogP contribution in [0.4, 0.5) is 0 Å². The van der Waals surface area contributed by atoms with Crippen molar-refractivity contribution < 1.29 is 23.9 Å². The van der Waals surface area contributed by atoms with Crippen LogP contribution in [-0.2, 0) is 25.5 Å². The van der Waals surface area contributed by atoms with Gasteiger partial charge in [-0.1, -0.05) is 42.3 Å². The first-order valence-corrected chi connectivity index (χ1v) is 14.2. The van der Waals surface area contributed by atoms with E-state index in [0.717, 1.165) is 55.5 Å². The maximum atomic E-state index is 13.8. The van der Waals surface area contributed by atoms with Crippen LogP contribution in [0.1, 0.15) is 76.2 Å². The van der Waals surface area contributed by atoms with E-state index in [-0.39, 0.29) is 24.2 Å². The van der Waals surface area contributed by atoms with Crippen LogP contribution in [-0.4, -0.2) is 50.0 Å². The summed E-state index contributed by atoms with van der Waals surface area (Å²) in [5.74, 6) is -0.276. The largest absolute Gasteiger partial charge is 0.496 e. The molecule has 1 N–H and O–H groups in total. The summed E-state index contributed by atoms with van der Waals surface area (Å²) in [7, 11) is 3.06. The molecule has 0 aromatic heterocycles. The van der Waals surface area contributed by atoms with Crippen LogP contribution in [0.3, 0.4) is 0 Å². The number of esters is 1. The topological polar surface area (TPSA) is 84.9 Å². The molecular formula is C31H42N2O5. The Hall–Kier alpha value is -3.09. The molecule has 1 aromatic carbocycles. The van der Waals surface area contributed by atoms with Crippen molar-refractivity contribution in [3.05, 3.63) is 53.3 Å². The number of nitrogens with zero attached hydrogens (tertiary/aromatic N) is 1. The summed E-state index contributed by atoms with van der Waals surface area (Å²) in [6.45, 7) is 0.993. The number of hydrogen-bond donors (Lipinski definition) is 1. The predicted octanol–water partition coefficient (Wildman–Crippen LogP) is 5.10. The van der Waals surface area contributed by atoms with Crippen LogP contribution in [0.15, 0.2) is 47.7 Å². The summed E-state index contributed by atoms with van der Waals surface area (Å²) in [5, 5.41) is 2.98. The summed E-state index contributed by atoms with van der Waals surface area (Å²) >= 11 is 0. The molecule has 4 rings (SSSR count). The molecule has 1 aromatic rings. The van der Waals surface area contributed by atoms with Crippen LogP contribution in [0.25, 0.3) is 0 Å². The van der Waals surface area contributed by atoms with E-state index in [2.05, 4.69) is 17.5 Å². The Bertz CT molecular complexity index is 1080. The van der Waals surface area contributed by atoms with Gasteiger partial charge in [0.2, 0.25) is 11.8 Å². The van der Waals surface area contributed by atoms with Crippen molar-refractivity contribution in [3.63, 3.8) is 0 Å². The van der Waals surface area contributed by atoms with E-state index in [0.29, 0.717) is 32.4 Å². The van der Waals surface area contributed by atoms with Crippen molar-refractivity contribution in [2.75, 3.05) is 27.3 Å². The van der Waals surface area contributed by atoms with Gasteiger partial charge in [0.15, 0.2) is 0 Å². The fraction of sp³-hybridized carbons (Fsp3) is 0.581. The number of nitrogens with one attached hydrogen (secondary N) is 1. The third-order valence-corrected chi connectivity index (χ3v) is 8.35. The number of methoxy groups -OCH3 is 2. The first kappa shape index (κ1) is 27.9. The molecule has 2 atom stereocenters. The zero-order valence-corrected chi connectivity index (χ0v) is 22.9. The van der Waals surface area contributed by atoms with Crippen molar-refractivity contribution >= 4 is 17.8 Å². The zero-order valence-electron chi connectivity index (χ0n) is 22.9. The molecule has 7 heteroatoms. The molecule has 0 spiro atoms. The van der Waals surface area contributed by atoms with Crippen molar-refractivity contribution in [3.8, 4) is 5.75 Å². The number of allylic oxidation sites excluding steroid dienone is 2. The van der Waals surface area contributed by atoms with E-state index in [1.165, 1.54) is 25.5 Å². The SMILES string of the molecule is COC(=O)[C@]12CCCCC=C1N(CCC1=CCCCC1)C(=O)[C@H](CC(=O)NCCc1ccccc1OC)C2. The van der Waals surface area contributed by atoms with E-state index in [1.54, 1.807) is 7.11 Å². The summed E-state index contributed by atoms with van der Waals surface area (Å²) in [6.07, 6.45) is 14.1. The van der Waals surface area contributed by atoms with Gasteiger partial charge < -0.3 is 19.7 Å². The molecule has 1 saturated heterocycles. The Balaban J connectivity index is 1.49. The lowest BCUT2D eigenvalue weighted by molar-refractivity contribution is -0.159. The lowest BCUT2D eigenvalue weighted by Crippen LogP contribution is -2.53. The van der Waals surface area contributed by atoms with E-state index >= 15 is 0 Å². The van der Waals surface area contributed by atoms with Gasteiger partial charge in [-0.15, -0.1) is 0 Å². The Morgan fingerprint density at radius 3 is 2.61 bits per heavy atom. The minimum atomic E-state index is -0.873. The molecule has 0 radical (unpaired) electrons. The number of para-hydroxylation sites is 1. The number of ether oxygens (including phenoxy) is 2. The molecule has 38 heavy (non-hydrogen) atoms. The standard InChI is InChI=1S/C31H42N2O5/c1-37-26-14-9-8-13-24(26)16-19-32-28(34)21-25-22-31(30(36)38-2)18-10-4-7-15-27(31)33(29(25)35)20-17-23-11-5-3-6-12-23/h8-9,11,13-15,25H,3-7,10,12,16-22H2,1-2H3,(H,32,34)/t25-,31+/m1/s1. The quantitative estimate of drug-likeness (QED) is 0.341. The first-order chi connectivity index (χ1) is 18.5.